The average Bonchev–Trinajstić information content (AvgIpc) is 3.54. The Morgan fingerprint density at radius 2 is 1.50 bits per heavy atom. The van der Waals surface area contributed by atoms with Crippen LogP contribution in [0.1, 0.15) is 93.6 Å². The van der Waals surface area contributed by atoms with E-state index < -0.39 is 0 Å². The number of hydrogen-bond donors (Lipinski definition) is 1. The summed E-state index contributed by atoms with van der Waals surface area (Å²) in [7, 11) is 3.71. The van der Waals surface area contributed by atoms with Crippen molar-refractivity contribution in [3.63, 3.8) is 0 Å². The Bertz CT molecular complexity index is 2290. The summed E-state index contributed by atoms with van der Waals surface area (Å²) < 4.78 is 7.73. The third kappa shape index (κ3) is 7.23. The monoisotopic (exact) mass is 809 g/mol. The molecule has 4 bridgehead atoms. The molecule has 1 atom stereocenters. The fourth-order valence-corrected chi connectivity index (χ4v) is 12.5. The number of phenols is 1. The van der Waals surface area contributed by atoms with E-state index in [1.165, 1.54) is 49.7 Å². The number of aromatic hydroxyl groups is 1. The predicted octanol–water partition coefficient (Wildman–Crippen LogP) is 7.37. The molecule has 10 nitrogen and oxygen atoms in total. The second-order valence-corrected chi connectivity index (χ2v) is 19.3. The number of phenolic OH excluding ortho intramolecular Hbond substituents is 1. The number of amides is 3. The van der Waals surface area contributed by atoms with Crippen molar-refractivity contribution in [2.45, 2.75) is 83.8 Å². The molecule has 0 unspecified atom stereocenters. The molecule has 10 heteroatoms. The topological polar surface area (TPSA) is 98.6 Å². The van der Waals surface area contributed by atoms with Gasteiger partial charge in [0.1, 0.15) is 5.75 Å². The zero-order valence-electron chi connectivity index (χ0n) is 35.5. The molecule has 4 aromatic rings. The minimum absolute atomic E-state index is 0.0227. The minimum atomic E-state index is -0.169. The van der Waals surface area contributed by atoms with Gasteiger partial charge in [-0.15, -0.1) is 0 Å². The Labute approximate surface area is 354 Å². The molecule has 7 aliphatic rings. The molecule has 1 N–H and O–H groups in total. The van der Waals surface area contributed by atoms with Crippen molar-refractivity contribution in [2.75, 3.05) is 51.3 Å². The molecule has 4 aliphatic carbocycles. The van der Waals surface area contributed by atoms with Crippen LogP contribution in [0.2, 0.25) is 0 Å². The van der Waals surface area contributed by atoms with E-state index in [0.717, 1.165) is 78.3 Å². The van der Waals surface area contributed by atoms with Crippen LogP contribution in [0.25, 0.3) is 11.3 Å². The molecule has 11 rings (SSSR count). The number of ether oxygens (including phenoxy) is 1. The molecular weight excluding hydrogens is 751 g/mol. The lowest BCUT2D eigenvalue weighted by Gasteiger charge is -2.57. The molecule has 3 amide bonds. The fraction of sp³-hybridized carbons (Fsp3) is 0.500. The van der Waals surface area contributed by atoms with Crippen LogP contribution >= 0.6 is 0 Å². The van der Waals surface area contributed by atoms with Crippen molar-refractivity contribution in [3.8, 4) is 17.0 Å². The normalized spacial score (nSPS) is 25.9. The highest BCUT2D eigenvalue weighted by molar-refractivity contribution is 6.08. The summed E-state index contributed by atoms with van der Waals surface area (Å²) in [4.78, 5) is 52.2. The minimum Gasteiger partial charge on any atom is -0.508 e. The number of hydrogen-bond acceptors (Lipinski definition) is 6. The number of anilines is 1. The molecule has 0 spiro atoms. The summed E-state index contributed by atoms with van der Waals surface area (Å²) in [6.07, 6.45) is 9.90. The summed E-state index contributed by atoms with van der Waals surface area (Å²) in [6, 6.07) is 21.3. The second kappa shape index (κ2) is 15.5. The van der Waals surface area contributed by atoms with E-state index >= 15 is 4.79 Å². The number of aromatic nitrogens is 1. The lowest BCUT2D eigenvalue weighted by atomic mass is 9.49. The highest BCUT2D eigenvalue weighted by atomic mass is 16.5. The first kappa shape index (κ1) is 39.2. The van der Waals surface area contributed by atoms with E-state index in [4.69, 9.17) is 4.74 Å². The number of nitrogens with zero attached hydrogens (tertiary/aromatic N) is 5. The number of rotatable bonds is 8. The SMILES string of the molecule is Cc1c(C(=O)N(C)c2ccc(O)cc2)cc(-c2cc3c(cc2C(=O)N2Cc4ccccc4C[C@H]2CN2CCOCC2)CN(C(=O)CC24CC5CC(CC(C5)C2)C4)CC3)n1C. The first-order valence-electron chi connectivity index (χ1n) is 22.4. The quantitative estimate of drug-likeness (QED) is 0.200. The average molecular weight is 810 g/mol. The Kier molecular flexibility index (Phi) is 10.1. The van der Waals surface area contributed by atoms with E-state index in [1.807, 2.05) is 24.6 Å². The van der Waals surface area contributed by atoms with Gasteiger partial charge in [-0.3, -0.25) is 19.3 Å². The van der Waals surface area contributed by atoms with E-state index in [9.17, 15) is 14.7 Å². The molecule has 5 fully saturated rings. The van der Waals surface area contributed by atoms with Gasteiger partial charge in [0.05, 0.1) is 18.8 Å². The van der Waals surface area contributed by atoms with Gasteiger partial charge in [-0.05, 0) is 146 Å². The van der Waals surface area contributed by atoms with Crippen LogP contribution in [0, 0.1) is 30.1 Å². The highest BCUT2D eigenvalue weighted by Crippen LogP contribution is 2.61. The molecule has 4 heterocycles. The van der Waals surface area contributed by atoms with Gasteiger partial charge in [-0.2, -0.15) is 0 Å². The lowest BCUT2D eigenvalue weighted by molar-refractivity contribution is -0.140. The largest absolute Gasteiger partial charge is 0.508 e. The molecule has 3 aromatic carbocycles. The van der Waals surface area contributed by atoms with Crippen LogP contribution < -0.4 is 4.90 Å². The van der Waals surface area contributed by atoms with E-state index in [2.05, 4.69) is 51.1 Å². The van der Waals surface area contributed by atoms with Crippen molar-refractivity contribution >= 4 is 23.4 Å². The Morgan fingerprint density at radius 1 is 0.817 bits per heavy atom. The molecule has 3 aliphatic heterocycles. The van der Waals surface area contributed by atoms with Gasteiger partial charge in [-0.1, -0.05) is 24.3 Å². The van der Waals surface area contributed by atoms with Gasteiger partial charge >= 0.3 is 0 Å². The maximum Gasteiger partial charge on any atom is 0.259 e. The van der Waals surface area contributed by atoms with Crippen LogP contribution in [0.15, 0.2) is 66.7 Å². The highest BCUT2D eigenvalue weighted by Gasteiger charge is 2.52. The zero-order chi connectivity index (χ0) is 41.3. The predicted molar refractivity (Wildman–Crippen MR) is 232 cm³/mol. The number of carbonyl (C=O) groups excluding carboxylic acids is 3. The Morgan fingerprint density at radius 3 is 2.20 bits per heavy atom. The van der Waals surface area contributed by atoms with Crippen LogP contribution in [0.3, 0.4) is 0 Å². The number of carbonyl (C=O) groups is 3. The molecule has 1 saturated heterocycles. The smallest absolute Gasteiger partial charge is 0.259 e. The molecule has 314 valence electrons. The molecule has 4 saturated carbocycles. The number of morpholine rings is 1. The summed E-state index contributed by atoms with van der Waals surface area (Å²) in [5, 5.41) is 9.89. The van der Waals surface area contributed by atoms with Crippen molar-refractivity contribution < 1.29 is 24.2 Å². The van der Waals surface area contributed by atoms with E-state index in [-0.39, 0.29) is 34.9 Å². The van der Waals surface area contributed by atoms with Crippen LogP contribution in [-0.4, -0.2) is 94.6 Å². The lowest BCUT2D eigenvalue weighted by Crippen LogP contribution is -2.52. The van der Waals surface area contributed by atoms with Gasteiger partial charge in [0, 0.05) is 94.0 Å². The Balaban J connectivity index is 1.01. The summed E-state index contributed by atoms with van der Waals surface area (Å²) >= 11 is 0. The fourth-order valence-electron chi connectivity index (χ4n) is 12.5. The van der Waals surface area contributed by atoms with Crippen LogP contribution in [0.5, 0.6) is 5.75 Å². The van der Waals surface area contributed by atoms with Crippen molar-refractivity contribution in [1.29, 1.82) is 0 Å². The zero-order valence-corrected chi connectivity index (χ0v) is 35.5. The van der Waals surface area contributed by atoms with Gasteiger partial charge in [-0.25, -0.2) is 0 Å². The molecule has 1 aromatic heterocycles. The third-order valence-corrected chi connectivity index (χ3v) is 15.4. The molecular formula is C50H59N5O5. The first-order chi connectivity index (χ1) is 29.0. The summed E-state index contributed by atoms with van der Waals surface area (Å²) in [5.74, 6) is 2.63. The van der Waals surface area contributed by atoms with Gasteiger partial charge in [0.2, 0.25) is 5.91 Å². The number of benzene rings is 3. The third-order valence-electron chi connectivity index (χ3n) is 15.4. The second-order valence-electron chi connectivity index (χ2n) is 19.3. The van der Waals surface area contributed by atoms with Crippen molar-refractivity contribution in [3.05, 3.63) is 106 Å². The first-order valence-corrected chi connectivity index (χ1v) is 22.4. The molecule has 60 heavy (non-hydrogen) atoms. The van der Waals surface area contributed by atoms with Crippen LogP contribution in [-0.2, 0) is 42.5 Å². The van der Waals surface area contributed by atoms with Crippen LogP contribution in [0.4, 0.5) is 5.69 Å². The maximum atomic E-state index is 15.5. The van der Waals surface area contributed by atoms with Crippen molar-refractivity contribution in [2.24, 2.45) is 30.2 Å². The van der Waals surface area contributed by atoms with Gasteiger partial charge in [0.25, 0.3) is 11.8 Å². The van der Waals surface area contributed by atoms with Crippen molar-refractivity contribution in [1.82, 2.24) is 19.3 Å². The molecule has 0 radical (unpaired) electrons. The maximum absolute atomic E-state index is 15.5. The Hall–Kier alpha value is -4.93. The van der Waals surface area contributed by atoms with Gasteiger partial charge < -0.3 is 29.1 Å². The number of fused-ring (bicyclic) bond motifs is 2. The van der Waals surface area contributed by atoms with Gasteiger partial charge in [0.15, 0.2) is 0 Å². The summed E-state index contributed by atoms with van der Waals surface area (Å²) in [5.41, 5.74) is 9.10. The van der Waals surface area contributed by atoms with E-state index in [1.54, 1.807) is 36.2 Å². The van der Waals surface area contributed by atoms with E-state index in [0.29, 0.717) is 56.1 Å². The standard InChI is InChI=1S/C50H59N5O5/c1-32-43(48(58)52(3)40-8-10-42(56)11-9-40)24-46(51(32)2)44-22-37-12-13-54(47(57)28-50-25-33-18-34(26-50)20-35(19-33)27-50)29-39(37)23-45(44)49(59)55-30-38-7-5-4-6-36(38)21-41(55)31-53-14-16-60-17-15-53/h4-11,22-24,33-35,41,56H,12-21,25-31H2,1-3H3/t33?,34?,35?,41-,50?/m0/s1. The summed E-state index contributed by atoms with van der Waals surface area (Å²) in [6.45, 7) is 7.49.